The summed E-state index contributed by atoms with van der Waals surface area (Å²) in [4.78, 5) is 26.7. The summed E-state index contributed by atoms with van der Waals surface area (Å²) in [5.74, 6) is 0.473. The summed E-state index contributed by atoms with van der Waals surface area (Å²) in [6.45, 7) is 1.57. The number of hydrogen-bond donors (Lipinski definition) is 0. The Bertz CT molecular complexity index is 860. The highest BCUT2D eigenvalue weighted by atomic mass is 16.2. The standard InChI is InChI=1S/C19H18N4O/c24-19(18-6-8-20-13-22-18)23-10-7-14(12-23)11-15-5-9-21-17-4-2-1-3-16(15)17/h1-6,8-9,13-14H,7,10-12H2. The minimum absolute atomic E-state index is 0.000476. The first-order valence-electron chi connectivity index (χ1n) is 8.19. The van der Waals surface area contributed by atoms with Gasteiger partial charge < -0.3 is 4.90 Å². The highest BCUT2D eigenvalue weighted by Crippen LogP contribution is 2.25. The van der Waals surface area contributed by atoms with E-state index < -0.39 is 0 Å². The summed E-state index contributed by atoms with van der Waals surface area (Å²) in [6, 6.07) is 12.0. The highest BCUT2D eigenvalue weighted by molar-refractivity contribution is 5.92. The van der Waals surface area contributed by atoms with Crippen LogP contribution in [0, 0.1) is 5.92 Å². The second-order valence-corrected chi connectivity index (χ2v) is 6.19. The molecule has 3 heterocycles. The fourth-order valence-electron chi connectivity index (χ4n) is 3.41. The molecule has 1 aromatic carbocycles. The molecule has 0 bridgehead atoms. The van der Waals surface area contributed by atoms with Crippen molar-refractivity contribution in [1.82, 2.24) is 19.9 Å². The molecule has 1 fully saturated rings. The van der Waals surface area contributed by atoms with E-state index in [4.69, 9.17) is 0 Å². The number of likely N-dealkylation sites (tertiary alicyclic amines) is 1. The Balaban J connectivity index is 1.48. The van der Waals surface area contributed by atoms with Gasteiger partial charge in [0.25, 0.3) is 5.91 Å². The Morgan fingerprint density at radius 1 is 1.12 bits per heavy atom. The molecule has 2 aromatic heterocycles. The van der Waals surface area contributed by atoms with Crippen LogP contribution < -0.4 is 0 Å². The maximum absolute atomic E-state index is 12.5. The fraction of sp³-hybridized carbons (Fsp3) is 0.263. The molecule has 0 N–H and O–H groups in total. The third kappa shape index (κ3) is 2.85. The quantitative estimate of drug-likeness (QED) is 0.745. The van der Waals surface area contributed by atoms with Gasteiger partial charge in [-0.15, -0.1) is 0 Å². The maximum Gasteiger partial charge on any atom is 0.272 e. The number of carbonyl (C=O) groups excluding carboxylic acids is 1. The molecule has 1 unspecified atom stereocenters. The predicted molar refractivity (Wildman–Crippen MR) is 91.5 cm³/mol. The number of carbonyl (C=O) groups is 1. The Kier molecular flexibility index (Phi) is 3.91. The monoisotopic (exact) mass is 318 g/mol. The molecule has 0 saturated carbocycles. The Labute approximate surface area is 140 Å². The number of para-hydroxylation sites is 1. The Morgan fingerprint density at radius 3 is 2.92 bits per heavy atom. The van der Waals surface area contributed by atoms with Crippen LogP contribution in [-0.4, -0.2) is 38.8 Å². The van der Waals surface area contributed by atoms with Crippen LogP contribution in [0.15, 0.2) is 55.1 Å². The summed E-state index contributed by atoms with van der Waals surface area (Å²) in [5.41, 5.74) is 2.81. The smallest absolute Gasteiger partial charge is 0.272 e. The van der Waals surface area contributed by atoms with Crippen molar-refractivity contribution in [3.05, 3.63) is 66.4 Å². The van der Waals surface area contributed by atoms with Gasteiger partial charge in [0.2, 0.25) is 0 Å². The van der Waals surface area contributed by atoms with Crippen molar-refractivity contribution in [1.29, 1.82) is 0 Å². The first-order valence-corrected chi connectivity index (χ1v) is 8.19. The second kappa shape index (κ2) is 6.35. The number of fused-ring (bicyclic) bond motifs is 1. The average molecular weight is 318 g/mol. The van der Waals surface area contributed by atoms with Crippen molar-refractivity contribution in [2.24, 2.45) is 5.92 Å². The zero-order valence-electron chi connectivity index (χ0n) is 13.3. The number of amides is 1. The van der Waals surface area contributed by atoms with Crippen molar-refractivity contribution in [2.45, 2.75) is 12.8 Å². The van der Waals surface area contributed by atoms with Crippen LogP contribution in [0.3, 0.4) is 0 Å². The van der Waals surface area contributed by atoms with E-state index in [1.54, 1.807) is 12.3 Å². The number of benzene rings is 1. The largest absolute Gasteiger partial charge is 0.337 e. The Morgan fingerprint density at radius 2 is 2.04 bits per heavy atom. The number of nitrogens with zero attached hydrogens (tertiary/aromatic N) is 4. The molecule has 1 saturated heterocycles. The van der Waals surface area contributed by atoms with Gasteiger partial charge in [0, 0.05) is 30.9 Å². The molecule has 1 atom stereocenters. The van der Waals surface area contributed by atoms with Gasteiger partial charge in [0.05, 0.1) is 5.52 Å². The van der Waals surface area contributed by atoms with Crippen LogP contribution in [0.4, 0.5) is 0 Å². The summed E-state index contributed by atoms with van der Waals surface area (Å²) in [6.07, 6.45) is 6.89. The lowest BCUT2D eigenvalue weighted by Gasteiger charge is -2.16. The lowest BCUT2D eigenvalue weighted by molar-refractivity contribution is 0.0781. The molecule has 4 rings (SSSR count). The van der Waals surface area contributed by atoms with E-state index in [1.165, 1.54) is 17.3 Å². The van der Waals surface area contributed by atoms with E-state index in [9.17, 15) is 4.79 Å². The lowest BCUT2D eigenvalue weighted by atomic mass is 9.96. The highest BCUT2D eigenvalue weighted by Gasteiger charge is 2.27. The van der Waals surface area contributed by atoms with E-state index in [1.807, 2.05) is 29.3 Å². The van der Waals surface area contributed by atoms with Gasteiger partial charge in [-0.05, 0) is 42.5 Å². The van der Waals surface area contributed by atoms with Crippen molar-refractivity contribution in [3.63, 3.8) is 0 Å². The van der Waals surface area contributed by atoms with E-state index in [0.717, 1.165) is 31.4 Å². The fourth-order valence-corrected chi connectivity index (χ4v) is 3.41. The van der Waals surface area contributed by atoms with Crippen molar-refractivity contribution in [3.8, 4) is 0 Å². The second-order valence-electron chi connectivity index (χ2n) is 6.19. The van der Waals surface area contributed by atoms with Crippen LogP contribution in [0.5, 0.6) is 0 Å². The number of rotatable bonds is 3. The minimum atomic E-state index is -0.000476. The number of pyridine rings is 1. The summed E-state index contributed by atoms with van der Waals surface area (Å²) in [5, 5.41) is 1.21. The van der Waals surface area contributed by atoms with Crippen LogP contribution >= 0.6 is 0 Å². The maximum atomic E-state index is 12.5. The van der Waals surface area contributed by atoms with Gasteiger partial charge in [0.1, 0.15) is 12.0 Å². The molecule has 5 nitrogen and oxygen atoms in total. The molecule has 1 amide bonds. The third-order valence-corrected chi connectivity index (χ3v) is 4.62. The van der Waals surface area contributed by atoms with Gasteiger partial charge in [0.15, 0.2) is 0 Å². The van der Waals surface area contributed by atoms with E-state index in [0.29, 0.717) is 11.6 Å². The van der Waals surface area contributed by atoms with Gasteiger partial charge in [-0.25, -0.2) is 9.97 Å². The first-order chi connectivity index (χ1) is 11.8. The number of aromatic nitrogens is 3. The molecule has 0 radical (unpaired) electrons. The van der Waals surface area contributed by atoms with Crippen molar-refractivity contribution >= 4 is 16.8 Å². The van der Waals surface area contributed by atoms with E-state index in [2.05, 4.69) is 27.1 Å². The van der Waals surface area contributed by atoms with Crippen molar-refractivity contribution in [2.75, 3.05) is 13.1 Å². The molecule has 1 aliphatic heterocycles. The molecule has 3 aromatic rings. The van der Waals surface area contributed by atoms with Gasteiger partial charge >= 0.3 is 0 Å². The average Bonchev–Trinajstić information content (AvgIpc) is 3.11. The summed E-state index contributed by atoms with van der Waals surface area (Å²) >= 11 is 0. The lowest BCUT2D eigenvalue weighted by Crippen LogP contribution is -2.29. The molecule has 0 spiro atoms. The summed E-state index contributed by atoms with van der Waals surface area (Å²) < 4.78 is 0. The first kappa shape index (κ1) is 14.8. The predicted octanol–water partition coefficient (Wildman–Crippen LogP) is 2.73. The van der Waals surface area contributed by atoms with E-state index in [-0.39, 0.29) is 5.91 Å². The molecule has 24 heavy (non-hydrogen) atoms. The zero-order valence-corrected chi connectivity index (χ0v) is 13.3. The van der Waals surface area contributed by atoms with Crippen LogP contribution in [-0.2, 0) is 6.42 Å². The van der Waals surface area contributed by atoms with Crippen LogP contribution in [0.2, 0.25) is 0 Å². The molecular formula is C19H18N4O. The SMILES string of the molecule is O=C(c1ccncn1)N1CCC(Cc2ccnc3ccccc23)C1. The van der Waals surface area contributed by atoms with Gasteiger partial charge in [-0.2, -0.15) is 0 Å². The minimum Gasteiger partial charge on any atom is -0.337 e. The molecular weight excluding hydrogens is 300 g/mol. The third-order valence-electron chi connectivity index (χ3n) is 4.62. The molecule has 0 aliphatic carbocycles. The van der Waals surface area contributed by atoms with Crippen molar-refractivity contribution < 1.29 is 4.79 Å². The van der Waals surface area contributed by atoms with E-state index >= 15 is 0 Å². The molecule has 120 valence electrons. The normalized spacial score (nSPS) is 17.3. The zero-order chi connectivity index (χ0) is 16.4. The van der Waals surface area contributed by atoms with Crippen LogP contribution in [0.25, 0.3) is 10.9 Å². The Hall–Kier alpha value is -2.82. The molecule has 1 aliphatic rings. The van der Waals surface area contributed by atoms with Gasteiger partial charge in [-0.1, -0.05) is 18.2 Å². The topological polar surface area (TPSA) is 59.0 Å². The summed E-state index contributed by atoms with van der Waals surface area (Å²) in [7, 11) is 0. The van der Waals surface area contributed by atoms with Crippen LogP contribution in [0.1, 0.15) is 22.5 Å². The molecule has 5 heteroatoms. The number of hydrogen-bond acceptors (Lipinski definition) is 4. The van der Waals surface area contributed by atoms with Gasteiger partial charge in [-0.3, -0.25) is 9.78 Å².